The largest absolute Gasteiger partial charge is 0.382 e. The van der Waals surface area contributed by atoms with Gasteiger partial charge in [-0.3, -0.25) is 0 Å². The summed E-state index contributed by atoms with van der Waals surface area (Å²) in [6.07, 6.45) is 2.43. The molecule has 21 heavy (non-hydrogen) atoms. The summed E-state index contributed by atoms with van der Waals surface area (Å²) in [6, 6.07) is 0. The van der Waals surface area contributed by atoms with Crippen LogP contribution in [0.5, 0.6) is 0 Å². The highest BCUT2D eigenvalue weighted by Crippen LogP contribution is 2.42. The summed E-state index contributed by atoms with van der Waals surface area (Å²) in [7, 11) is 0.696. The van der Waals surface area contributed by atoms with Crippen LogP contribution in [0.15, 0.2) is 4.90 Å². The van der Waals surface area contributed by atoms with Crippen LogP contribution >= 0.6 is 11.5 Å². The number of hydrogen-bond donors (Lipinski definition) is 1. The van der Waals surface area contributed by atoms with Gasteiger partial charge in [-0.15, -0.1) is 0 Å². The van der Waals surface area contributed by atoms with E-state index in [4.69, 9.17) is 5.73 Å². The summed E-state index contributed by atoms with van der Waals surface area (Å²) < 4.78 is 29.3. The number of likely N-dealkylation sites (N-methyl/N-ethyl adjacent to an activating group) is 1. The topological polar surface area (TPSA) is 79.5 Å². The molecule has 2 N–H and O–H groups in total. The summed E-state index contributed by atoms with van der Waals surface area (Å²) in [5.41, 5.74) is 5.87. The predicted octanol–water partition coefficient (Wildman–Crippen LogP) is 1.44. The SMILES string of the molecule is CCCN(CCN(C)C)c1snc(N)c1S(=O)(=O)C1CC1. The first-order valence-corrected chi connectivity index (χ1v) is 9.58. The lowest BCUT2D eigenvalue weighted by molar-refractivity contribution is 0.413. The Bertz CT molecular complexity index is 579. The molecule has 1 aliphatic carbocycles. The summed E-state index contributed by atoms with van der Waals surface area (Å²) in [5, 5.41) is 0.454. The first kappa shape index (κ1) is 16.5. The van der Waals surface area contributed by atoms with E-state index in [2.05, 4.69) is 21.1 Å². The van der Waals surface area contributed by atoms with Crippen molar-refractivity contribution in [3.63, 3.8) is 0 Å². The zero-order chi connectivity index (χ0) is 15.6. The van der Waals surface area contributed by atoms with Gasteiger partial charge in [0.2, 0.25) is 0 Å². The number of hydrogen-bond acceptors (Lipinski definition) is 7. The van der Waals surface area contributed by atoms with Gasteiger partial charge in [0.05, 0.1) is 5.25 Å². The molecule has 1 fully saturated rings. The number of aromatic nitrogens is 1. The van der Waals surface area contributed by atoms with Gasteiger partial charge in [-0.05, 0) is 44.9 Å². The first-order chi connectivity index (χ1) is 9.87. The highest BCUT2D eigenvalue weighted by Gasteiger charge is 2.41. The fourth-order valence-corrected chi connectivity index (χ4v) is 5.28. The summed E-state index contributed by atoms with van der Waals surface area (Å²) >= 11 is 1.20. The van der Waals surface area contributed by atoms with Crippen LogP contribution in [0, 0.1) is 0 Å². The Balaban J connectivity index is 2.32. The van der Waals surface area contributed by atoms with Crippen LogP contribution in [0.3, 0.4) is 0 Å². The first-order valence-electron chi connectivity index (χ1n) is 7.26. The van der Waals surface area contributed by atoms with Crippen LogP contribution in [0.1, 0.15) is 26.2 Å². The summed E-state index contributed by atoms with van der Waals surface area (Å²) in [6.45, 7) is 4.53. The molecule has 0 radical (unpaired) electrons. The predicted molar refractivity (Wildman–Crippen MR) is 87.8 cm³/mol. The van der Waals surface area contributed by atoms with Gasteiger partial charge < -0.3 is 15.5 Å². The molecule has 1 aliphatic rings. The Kier molecular flexibility index (Phi) is 5.11. The molecule has 2 rings (SSSR count). The molecule has 1 aromatic rings. The molecule has 1 saturated carbocycles. The Morgan fingerprint density at radius 2 is 1.95 bits per heavy atom. The minimum Gasteiger partial charge on any atom is -0.382 e. The Morgan fingerprint density at radius 1 is 1.29 bits per heavy atom. The zero-order valence-corrected chi connectivity index (χ0v) is 14.5. The van der Waals surface area contributed by atoms with Crippen LogP contribution in [-0.4, -0.2) is 56.7 Å². The number of nitrogens with zero attached hydrogens (tertiary/aromatic N) is 3. The average Bonchev–Trinajstić information content (AvgIpc) is 3.18. The molecule has 8 heteroatoms. The van der Waals surface area contributed by atoms with Gasteiger partial charge in [-0.25, -0.2) is 8.42 Å². The number of nitrogens with two attached hydrogens (primary N) is 1. The minimum atomic E-state index is -3.32. The fourth-order valence-electron chi connectivity index (χ4n) is 2.20. The van der Waals surface area contributed by atoms with E-state index in [0.29, 0.717) is 5.00 Å². The Hall–Kier alpha value is -0.860. The van der Waals surface area contributed by atoms with Crippen molar-refractivity contribution in [2.45, 2.75) is 36.3 Å². The van der Waals surface area contributed by atoms with Gasteiger partial charge in [-0.2, -0.15) is 4.37 Å². The standard InChI is InChI=1S/C13H24N4O2S2/c1-4-7-17(9-8-16(2)3)13-11(12(14)15-20-13)21(18,19)10-5-6-10/h10H,4-9H2,1-3H3,(H2,14,15). The van der Waals surface area contributed by atoms with E-state index in [1.54, 1.807) is 0 Å². The summed E-state index contributed by atoms with van der Waals surface area (Å²) in [5.74, 6) is 0.160. The maximum absolute atomic E-state index is 12.6. The molecule has 1 heterocycles. The van der Waals surface area contributed by atoms with E-state index in [9.17, 15) is 8.42 Å². The Morgan fingerprint density at radius 3 is 2.48 bits per heavy atom. The van der Waals surface area contributed by atoms with Crippen LogP contribution in [0.25, 0.3) is 0 Å². The second-order valence-electron chi connectivity index (χ2n) is 5.74. The van der Waals surface area contributed by atoms with Crippen molar-refractivity contribution >= 4 is 32.2 Å². The third kappa shape index (κ3) is 3.67. The van der Waals surface area contributed by atoms with Gasteiger partial charge in [0.15, 0.2) is 15.7 Å². The molecule has 120 valence electrons. The van der Waals surface area contributed by atoms with E-state index in [-0.39, 0.29) is 16.0 Å². The van der Waals surface area contributed by atoms with Crippen molar-refractivity contribution in [2.24, 2.45) is 0 Å². The van der Waals surface area contributed by atoms with Gasteiger partial charge >= 0.3 is 0 Å². The van der Waals surface area contributed by atoms with E-state index in [1.807, 2.05) is 14.1 Å². The van der Waals surface area contributed by atoms with Crippen LogP contribution in [0.2, 0.25) is 0 Å². The second-order valence-corrected chi connectivity index (χ2v) is 8.65. The highest BCUT2D eigenvalue weighted by molar-refractivity contribution is 7.92. The molecule has 1 aromatic heterocycles. The third-order valence-electron chi connectivity index (χ3n) is 3.50. The number of rotatable bonds is 8. The monoisotopic (exact) mass is 332 g/mol. The molecule has 0 atom stereocenters. The number of sulfone groups is 1. The molecule has 0 spiro atoms. The zero-order valence-electron chi connectivity index (χ0n) is 12.9. The molecule has 0 saturated heterocycles. The average molecular weight is 332 g/mol. The molecule has 0 amide bonds. The van der Waals surface area contributed by atoms with Crippen molar-refractivity contribution < 1.29 is 8.42 Å². The minimum absolute atomic E-state index is 0.160. The van der Waals surface area contributed by atoms with Crippen LogP contribution in [0.4, 0.5) is 10.8 Å². The lowest BCUT2D eigenvalue weighted by Crippen LogP contribution is -2.32. The van der Waals surface area contributed by atoms with E-state index in [0.717, 1.165) is 38.9 Å². The third-order valence-corrected chi connectivity index (χ3v) is 6.88. The van der Waals surface area contributed by atoms with E-state index >= 15 is 0 Å². The van der Waals surface area contributed by atoms with Crippen molar-refractivity contribution in [2.75, 3.05) is 44.4 Å². The molecule has 0 unspecified atom stereocenters. The van der Waals surface area contributed by atoms with Gasteiger partial charge in [-0.1, -0.05) is 6.92 Å². The molecule has 0 aliphatic heterocycles. The maximum Gasteiger partial charge on any atom is 0.187 e. The van der Waals surface area contributed by atoms with Crippen LogP contribution in [-0.2, 0) is 9.84 Å². The summed E-state index contributed by atoms with van der Waals surface area (Å²) in [4.78, 5) is 4.45. The van der Waals surface area contributed by atoms with Gasteiger partial charge in [0.1, 0.15) is 9.90 Å². The van der Waals surface area contributed by atoms with E-state index < -0.39 is 9.84 Å². The van der Waals surface area contributed by atoms with E-state index in [1.165, 1.54) is 11.5 Å². The maximum atomic E-state index is 12.6. The van der Waals surface area contributed by atoms with Gasteiger partial charge in [0, 0.05) is 19.6 Å². The molecule has 0 bridgehead atoms. The van der Waals surface area contributed by atoms with Crippen LogP contribution < -0.4 is 10.6 Å². The molecule has 0 aromatic carbocycles. The van der Waals surface area contributed by atoms with Crippen molar-refractivity contribution in [1.29, 1.82) is 0 Å². The van der Waals surface area contributed by atoms with Crippen molar-refractivity contribution in [1.82, 2.24) is 9.27 Å². The number of nitrogen functional groups attached to an aromatic ring is 1. The van der Waals surface area contributed by atoms with Crippen molar-refractivity contribution in [3.05, 3.63) is 0 Å². The normalized spacial score (nSPS) is 15.6. The lowest BCUT2D eigenvalue weighted by atomic mass is 10.4. The number of anilines is 2. The second kappa shape index (κ2) is 6.50. The lowest BCUT2D eigenvalue weighted by Gasteiger charge is -2.25. The molecule has 6 nitrogen and oxygen atoms in total. The quantitative estimate of drug-likeness (QED) is 0.776. The fraction of sp³-hybridized carbons (Fsp3) is 0.769. The molecular weight excluding hydrogens is 308 g/mol. The Labute approximate surface area is 131 Å². The smallest absolute Gasteiger partial charge is 0.187 e. The van der Waals surface area contributed by atoms with Gasteiger partial charge in [0.25, 0.3) is 0 Å². The highest BCUT2D eigenvalue weighted by atomic mass is 32.2. The van der Waals surface area contributed by atoms with Crippen molar-refractivity contribution in [3.8, 4) is 0 Å². The molecular formula is C13H24N4O2S2.